The Balaban J connectivity index is 1.96. The van der Waals surface area contributed by atoms with Gasteiger partial charge >= 0.3 is 5.97 Å². The summed E-state index contributed by atoms with van der Waals surface area (Å²) < 4.78 is 8.60. The molecule has 0 fully saturated rings. The average molecular weight is 508 g/mol. The normalized spacial score (nSPS) is 11.9. The monoisotopic (exact) mass is 506 g/mol. The van der Waals surface area contributed by atoms with Crippen LogP contribution in [0.1, 0.15) is 28.4 Å². The van der Waals surface area contributed by atoms with E-state index >= 15 is 0 Å². The van der Waals surface area contributed by atoms with Crippen LogP contribution in [-0.4, -0.2) is 32.7 Å². The molecule has 0 aliphatic rings. The van der Waals surface area contributed by atoms with E-state index in [-0.39, 0.29) is 17.1 Å². The molecule has 0 bridgehead atoms. The lowest BCUT2D eigenvalue weighted by Gasteiger charge is -2.14. The van der Waals surface area contributed by atoms with Crippen molar-refractivity contribution < 1.29 is 19.4 Å². The molecule has 1 heterocycles. The van der Waals surface area contributed by atoms with Gasteiger partial charge in [-0.1, -0.05) is 22.0 Å². The summed E-state index contributed by atoms with van der Waals surface area (Å²) in [5.74, 6) is -1.23. The third-order valence-corrected chi connectivity index (χ3v) is 5.16. The summed E-state index contributed by atoms with van der Waals surface area (Å²) in [6, 6.07) is 10.7. The first-order valence-electron chi connectivity index (χ1n) is 8.31. The van der Waals surface area contributed by atoms with Crippen molar-refractivity contribution in [1.29, 1.82) is 0 Å². The molecule has 1 unspecified atom stereocenters. The van der Waals surface area contributed by atoms with Crippen molar-refractivity contribution in [1.82, 2.24) is 9.78 Å². The number of ketones is 1. The number of aromatic nitrogens is 2. The van der Waals surface area contributed by atoms with Crippen LogP contribution < -0.4 is 4.74 Å². The van der Waals surface area contributed by atoms with E-state index < -0.39 is 12.1 Å². The average Bonchev–Trinajstić information content (AvgIpc) is 3.12. The van der Waals surface area contributed by atoms with Crippen molar-refractivity contribution in [2.24, 2.45) is 0 Å². The van der Waals surface area contributed by atoms with Gasteiger partial charge in [0.25, 0.3) is 0 Å². The van der Waals surface area contributed by atoms with Crippen molar-refractivity contribution in [3.05, 3.63) is 74.4 Å². The number of nitrogens with zero attached hydrogens (tertiary/aromatic N) is 2. The zero-order chi connectivity index (χ0) is 20.4. The molecule has 0 aliphatic heterocycles. The Hall–Kier alpha value is -2.45. The molecule has 0 saturated carbocycles. The van der Waals surface area contributed by atoms with Crippen molar-refractivity contribution in [2.75, 3.05) is 0 Å². The summed E-state index contributed by atoms with van der Waals surface area (Å²) in [4.78, 5) is 24.1. The van der Waals surface area contributed by atoms with Crippen LogP contribution in [0.5, 0.6) is 5.75 Å². The maximum atomic E-state index is 13.0. The van der Waals surface area contributed by atoms with Gasteiger partial charge in [-0.3, -0.25) is 4.79 Å². The lowest BCUT2D eigenvalue weighted by Crippen LogP contribution is -2.23. The van der Waals surface area contributed by atoms with E-state index in [1.807, 2.05) is 25.1 Å². The number of rotatable bonds is 6. The topological polar surface area (TPSA) is 81.4 Å². The van der Waals surface area contributed by atoms with Gasteiger partial charge in [0.15, 0.2) is 11.9 Å². The highest BCUT2D eigenvalue weighted by atomic mass is 79.9. The van der Waals surface area contributed by atoms with Gasteiger partial charge in [-0.2, -0.15) is 5.10 Å². The molecule has 3 rings (SSSR count). The second kappa shape index (κ2) is 8.28. The van der Waals surface area contributed by atoms with Gasteiger partial charge in [0.2, 0.25) is 0 Å². The summed E-state index contributed by atoms with van der Waals surface area (Å²) in [5, 5.41) is 13.4. The molecule has 1 atom stereocenters. The molecule has 144 valence electrons. The molecule has 1 N–H and O–H groups in total. The SMILES string of the molecule is Cc1ccc(-n2cc(C(=O)c3cc(Br)ccc3OC(C)C(=O)O)cn2)c(Br)c1. The molecule has 0 spiro atoms. The Morgan fingerprint density at radius 3 is 2.61 bits per heavy atom. The Kier molecular flexibility index (Phi) is 6.00. The number of carbonyl (C=O) groups is 2. The maximum absolute atomic E-state index is 13.0. The minimum Gasteiger partial charge on any atom is -0.479 e. The standard InChI is InChI=1S/C20H16Br2N2O4/c1-11-3-5-17(16(22)7-11)24-10-13(9-23-24)19(25)15-8-14(21)4-6-18(15)28-12(2)20(26)27/h3-10,12H,1-2H3,(H,26,27). The molecule has 0 radical (unpaired) electrons. The second-order valence-corrected chi connectivity index (χ2v) is 7.97. The Labute approximate surface area is 178 Å². The van der Waals surface area contributed by atoms with Crippen molar-refractivity contribution >= 4 is 43.6 Å². The molecular weight excluding hydrogens is 492 g/mol. The highest BCUT2D eigenvalue weighted by molar-refractivity contribution is 9.10. The number of aryl methyl sites for hydroxylation is 1. The fourth-order valence-corrected chi connectivity index (χ4v) is 3.58. The minimum absolute atomic E-state index is 0.201. The smallest absolute Gasteiger partial charge is 0.344 e. The van der Waals surface area contributed by atoms with Gasteiger partial charge in [0, 0.05) is 15.1 Å². The number of halogens is 2. The third-order valence-electron chi connectivity index (χ3n) is 4.03. The van der Waals surface area contributed by atoms with Gasteiger partial charge < -0.3 is 9.84 Å². The fraction of sp³-hybridized carbons (Fsp3) is 0.150. The number of carboxylic acids is 1. The highest BCUT2D eigenvalue weighted by Gasteiger charge is 2.21. The molecule has 2 aromatic carbocycles. The van der Waals surface area contributed by atoms with Crippen LogP contribution in [0, 0.1) is 6.92 Å². The summed E-state index contributed by atoms with van der Waals surface area (Å²) >= 11 is 6.85. The molecule has 3 aromatic rings. The van der Waals surface area contributed by atoms with Crippen LogP contribution in [0.4, 0.5) is 0 Å². The van der Waals surface area contributed by atoms with E-state index in [4.69, 9.17) is 9.84 Å². The van der Waals surface area contributed by atoms with E-state index in [0.717, 1.165) is 15.7 Å². The van der Waals surface area contributed by atoms with E-state index in [2.05, 4.69) is 37.0 Å². The molecule has 1 aromatic heterocycles. The van der Waals surface area contributed by atoms with Crippen LogP contribution in [0.25, 0.3) is 5.69 Å². The first-order chi connectivity index (χ1) is 13.3. The molecule has 0 saturated heterocycles. The second-order valence-electron chi connectivity index (χ2n) is 6.20. The lowest BCUT2D eigenvalue weighted by molar-refractivity contribution is -0.144. The molecular formula is C20H16Br2N2O4. The number of carboxylic acid groups (broad SMARTS) is 1. The van der Waals surface area contributed by atoms with Gasteiger partial charge in [0.1, 0.15) is 5.75 Å². The number of ether oxygens (including phenoxy) is 1. The predicted octanol–water partition coefficient (Wildman–Crippen LogP) is 4.79. The Morgan fingerprint density at radius 1 is 1.18 bits per heavy atom. The zero-order valence-electron chi connectivity index (χ0n) is 15.0. The lowest BCUT2D eigenvalue weighted by atomic mass is 10.1. The number of hydrogen-bond acceptors (Lipinski definition) is 4. The number of carbonyl (C=O) groups excluding carboxylic acids is 1. The maximum Gasteiger partial charge on any atom is 0.344 e. The molecule has 8 heteroatoms. The molecule has 6 nitrogen and oxygen atoms in total. The quantitative estimate of drug-likeness (QED) is 0.485. The van der Waals surface area contributed by atoms with E-state index in [0.29, 0.717) is 10.0 Å². The Morgan fingerprint density at radius 2 is 1.93 bits per heavy atom. The molecule has 0 amide bonds. The predicted molar refractivity (Wildman–Crippen MR) is 111 cm³/mol. The van der Waals surface area contributed by atoms with Crippen molar-refractivity contribution in [2.45, 2.75) is 20.0 Å². The third kappa shape index (κ3) is 4.34. The summed E-state index contributed by atoms with van der Waals surface area (Å²) in [5.41, 5.74) is 2.51. The van der Waals surface area contributed by atoms with Crippen LogP contribution in [0.2, 0.25) is 0 Å². The van der Waals surface area contributed by atoms with Crippen LogP contribution in [0.3, 0.4) is 0 Å². The van der Waals surface area contributed by atoms with Gasteiger partial charge in [-0.15, -0.1) is 0 Å². The fourth-order valence-electron chi connectivity index (χ4n) is 2.55. The first kappa shape index (κ1) is 20.3. The largest absolute Gasteiger partial charge is 0.479 e. The van der Waals surface area contributed by atoms with Gasteiger partial charge in [-0.25, -0.2) is 9.48 Å². The summed E-state index contributed by atoms with van der Waals surface area (Å²) in [6.45, 7) is 3.39. The van der Waals surface area contributed by atoms with Gasteiger partial charge in [0.05, 0.1) is 23.0 Å². The first-order valence-corrected chi connectivity index (χ1v) is 9.90. The van der Waals surface area contributed by atoms with Crippen LogP contribution in [-0.2, 0) is 4.79 Å². The molecule has 0 aliphatic carbocycles. The number of benzene rings is 2. The number of hydrogen-bond donors (Lipinski definition) is 1. The summed E-state index contributed by atoms with van der Waals surface area (Å²) in [7, 11) is 0. The minimum atomic E-state index is -1.11. The highest BCUT2D eigenvalue weighted by Crippen LogP contribution is 2.28. The van der Waals surface area contributed by atoms with Crippen molar-refractivity contribution in [3.63, 3.8) is 0 Å². The van der Waals surface area contributed by atoms with E-state index in [1.165, 1.54) is 13.1 Å². The van der Waals surface area contributed by atoms with E-state index in [9.17, 15) is 9.59 Å². The van der Waals surface area contributed by atoms with E-state index in [1.54, 1.807) is 29.1 Å². The van der Waals surface area contributed by atoms with Gasteiger partial charge in [-0.05, 0) is 65.7 Å². The van der Waals surface area contributed by atoms with Crippen LogP contribution >= 0.6 is 31.9 Å². The zero-order valence-corrected chi connectivity index (χ0v) is 18.2. The summed E-state index contributed by atoms with van der Waals surface area (Å²) in [6.07, 6.45) is 2.02. The Bertz CT molecular complexity index is 1060. The molecule has 28 heavy (non-hydrogen) atoms. The van der Waals surface area contributed by atoms with Crippen molar-refractivity contribution in [3.8, 4) is 11.4 Å². The van der Waals surface area contributed by atoms with Crippen LogP contribution in [0.15, 0.2) is 57.7 Å². The number of aliphatic carboxylic acids is 1.